The molecule has 0 saturated heterocycles. The lowest BCUT2D eigenvalue weighted by atomic mass is 9.76. The second-order valence-electron chi connectivity index (χ2n) is 5.75. The highest BCUT2D eigenvalue weighted by Gasteiger charge is 2.23. The molecule has 1 aromatic rings. The number of hydrogen-bond donors (Lipinski definition) is 0. The molecule has 0 saturated carbocycles. The zero-order valence-corrected chi connectivity index (χ0v) is 11.9. The fourth-order valence-corrected chi connectivity index (χ4v) is 3.29. The van der Waals surface area contributed by atoms with E-state index in [1.807, 2.05) is 0 Å². The molecule has 0 spiro atoms. The molecule has 0 N–H and O–H groups in total. The summed E-state index contributed by atoms with van der Waals surface area (Å²) in [4.78, 5) is 0. The lowest BCUT2D eigenvalue weighted by Crippen LogP contribution is -2.12. The second-order valence-corrected chi connectivity index (χ2v) is 5.75. The highest BCUT2D eigenvalue weighted by Crippen LogP contribution is 2.40. The van der Waals surface area contributed by atoms with Crippen molar-refractivity contribution in [1.82, 2.24) is 0 Å². The first-order chi connectivity index (χ1) is 7.95. The van der Waals surface area contributed by atoms with E-state index in [-0.39, 0.29) is 0 Å². The van der Waals surface area contributed by atoms with Crippen LogP contribution in [0.15, 0.2) is 6.58 Å². The Morgan fingerprint density at radius 1 is 0.941 bits per heavy atom. The third-order valence-electron chi connectivity index (χ3n) is 4.39. The zero-order valence-electron chi connectivity index (χ0n) is 11.9. The number of allylic oxidation sites excluding steroid dienone is 1. The van der Waals surface area contributed by atoms with Gasteiger partial charge in [0.15, 0.2) is 0 Å². The molecule has 0 fully saturated rings. The Morgan fingerprint density at radius 2 is 1.59 bits per heavy atom. The third-order valence-corrected chi connectivity index (χ3v) is 4.39. The maximum absolute atomic E-state index is 4.31. The predicted octanol–water partition coefficient (Wildman–Crippen LogP) is 5.08. The van der Waals surface area contributed by atoms with Crippen LogP contribution in [-0.2, 0) is 6.42 Å². The second kappa shape index (κ2) is 4.33. The van der Waals surface area contributed by atoms with Crippen molar-refractivity contribution in [3.05, 3.63) is 40.0 Å². The van der Waals surface area contributed by atoms with E-state index in [1.54, 1.807) is 11.1 Å². The molecule has 0 atom stereocenters. The van der Waals surface area contributed by atoms with Crippen LogP contribution in [0.1, 0.15) is 66.0 Å². The van der Waals surface area contributed by atoms with Crippen LogP contribution in [-0.4, -0.2) is 0 Å². The zero-order chi connectivity index (χ0) is 12.7. The van der Waals surface area contributed by atoms with E-state index < -0.39 is 0 Å². The Kier molecular flexibility index (Phi) is 3.16. The van der Waals surface area contributed by atoms with Crippen molar-refractivity contribution >= 4 is 5.57 Å². The first-order valence-corrected chi connectivity index (χ1v) is 6.75. The maximum Gasteiger partial charge on any atom is -0.0158 e. The molecule has 0 aromatic heterocycles. The first-order valence-electron chi connectivity index (χ1n) is 6.75. The smallest absolute Gasteiger partial charge is 0.0158 e. The minimum absolute atomic E-state index is 0.595. The molecule has 0 nitrogen and oxygen atoms in total. The van der Waals surface area contributed by atoms with Crippen molar-refractivity contribution < 1.29 is 0 Å². The minimum Gasteiger partial charge on any atom is -0.0952 e. The Hall–Kier alpha value is -1.04. The van der Waals surface area contributed by atoms with Crippen LogP contribution in [0.5, 0.6) is 0 Å². The van der Waals surface area contributed by atoms with E-state index in [1.165, 1.54) is 47.1 Å². The van der Waals surface area contributed by atoms with Crippen molar-refractivity contribution in [2.75, 3.05) is 0 Å². The lowest BCUT2D eigenvalue weighted by molar-refractivity contribution is 0.782. The lowest BCUT2D eigenvalue weighted by Gasteiger charge is -2.29. The Bertz CT molecular complexity index is 476. The predicted molar refractivity (Wildman–Crippen MR) is 76.7 cm³/mol. The normalized spacial score (nSPS) is 15.3. The van der Waals surface area contributed by atoms with E-state index >= 15 is 0 Å². The molecule has 1 aliphatic carbocycles. The van der Waals surface area contributed by atoms with Crippen LogP contribution in [0.25, 0.3) is 5.57 Å². The van der Waals surface area contributed by atoms with Gasteiger partial charge in [-0.1, -0.05) is 20.4 Å². The van der Waals surface area contributed by atoms with Crippen molar-refractivity contribution in [1.29, 1.82) is 0 Å². The average molecular weight is 228 g/mol. The van der Waals surface area contributed by atoms with Gasteiger partial charge in [-0.25, -0.2) is 0 Å². The van der Waals surface area contributed by atoms with Gasteiger partial charge in [0.05, 0.1) is 0 Å². The highest BCUT2D eigenvalue weighted by molar-refractivity contribution is 5.74. The summed E-state index contributed by atoms with van der Waals surface area (Å²) in [7, 11) is 0. The fourth-order valence-electron chi connectivity index (χ4n) is 3.29. The molecule has 0 bridgehead atoms. The van der Waals surface area contributed by atoms with E-state index in [0.29, 0.717) is 5.92 Å². The van der Waals surface area contributed by atoms with Gasteiger partial charge in [0.2, 0.25) is 0 Å². The van der Waals surface area contributed by atoms with Crippen LogP contribution in [0.3, 0.4) is 0 Å². The molecule has 0 heteroatoms. The topological polar surface area (TPSA) is 0 Å². The van der Waals surface area contributed by atoms with Gasteiger partial charge in [-0.05, 0) is 84.9 Å². The Morgan fingerprint density at radius 3 is 2.18 bits per heavy atom. The van der Waals surface area contributed by atoms with Gasteiger partial charge in [-0.15, -0.1) is 0 Å². The molecule has 1 aromatic carbocycles. The summed E-state index contributed by atoms with van der Waals surface area (Å²) in [6.45, 7) is 15.8. The van der Waals surface area contributed by atoms with Crippen molar-refractivity contribution in [2.45, 2.75) is 59.8 Å². The van der Waals surface area contributed by atoms with E-state index in [2.05, 4.69) is 41.2 Å². The number of fused-ring (bicyclic) bond motifs is 1. The van der Waals surface area contributed by atoms with Gasteiger partial charge >= 0.3 is 0 Å². The van der Waals surface area contributed by atoms with Gasteiger partial charge in [0.25, 0.3) is 0 Å². The van der Waals surface area contributed by atoms with E-state index in [9.17, 15) is 0 Å². The van der Waals surface area contributed by atoms with Gasteiger partial charge in [-0.2, -0.15) is 0 Å². The van der Waals surface area contributed by atoms with Gasteiger partial charge in [0, 0.05) is 0 Å². The molecule has 92 valence electrons. The van der Waals surface area contributed by atoms with E-state index in [4.69, 9.17) is 0 Å². The van der Waals surface area contributed by atoms with Crippen molar-refractivity contribution in [3.63, 3.8) is 0 Å². The molecule has 17 heavy (non-hydrogen) atoms. The van der Waals surface area contributed by atoms with E-state index in [0.717, 1.165) is 0 Å². The first kappa shape index (κ1) is 12.4. The van der Waals surface area contributed by atoms with Gasteiger partial charge in [0.1, 0.15) is 0 Å². The molecule has 0 amide bonds. The summed E-state index contributed by atoms with van der Waals surface area (Å²) in [6, 6.07) is 0. The van der Waals surface area contributed by atoms with Gasteiger partial charge < -0.3 is 0 Å². The molecule has 0 unspecified atom stereocenters. The third kappa shape index (κ3) is 1.84. The Balaban J connectivity index is 2.83. The summed E-state index contributed by atoms with van der Waals surface area (Å²) >= 11 is 0. The van der Waals surface area contributed by atoms with Crippen molar-refractivity contribution in [3.8, 4) is 0 Å². The number of rotatable bonds is 1. The standard InChI is InChI=1S/C17H24/c1-10(2)16-14(6)12(4)13(5)15-9-7-8-11(3)17(15)16/h10H,3,7-9H2,1-2,4-6H3. The van der Waals surface area contributed by atoms with Crippen molar-refractivity contribution in [2.24, 2.45) is 0 Å². The fraction of sp³-hybridized carbons (Fsp3) is 0.529. The van der Waals surface area contributed by atoms with Gasteiger partial charge in [-0.3, -0.25) is 0 Å². The Labute approximate surface area is 106 Å². The largest absolute Gasteiger partial charge is 0.0952 e. The molecule has 0 aliphatic heterocycles. The maximum atomic E-state index is 4.31. The SMILES string of the molecule is C=C1CCCc2c(C)c(C)c(C)c(C(C)C)c21. The average Bonchev–Trinajstić information content (AvgIpc) is 2.27. The number of hydrogen-bond acceptors (Lipinski definition) is 0. The summed E-state index contributed by atoms with van der Waals surface area (Å²) in [5.74, 6) is 0.595. The summed E-state index contributed by atoms with van der Waals surface area (Å²) < 4.78 is 0. The molecule has 1 aliphatic rings. The van der Waals surface area contributed by atoms with Crippen LogP contribution in [0.4, 0.5) is 0 Å². The quantitative estimate of drug-likeness (QED) is 0.628. The molecule has 2 rings (SSSR count). The van der Waals surface area contributed by atoms with Crippen LogP contribution < -0.4 is 0 Å². The molecule has 0 heterocycles. The molecular weight excluding hydrogens is 204 g/mol. The highest BCUT2D eigenvalue weighted by atomic mass is 14.3. The number of benzene rings is 1. The molecular formula is C17H24. The van der Waals surface area contributed by atoms with Crippen LogP contribution in [0, 0.1) is 20.8 Å². The summed E-state index contributed by atoms with van der Waals surface area (Å²) in [6.07, 6.45) is 3.68. The minimum atomic E-state index is 0.595. The van der Waals surface area contributed by atoms with Crippen LogP contribution in [0.2, 0.25) is 0 Å². The monoisotopic (exact) mass is 228 g/mol. The molecule has 0 radical (unpaired) electrons. The van der Waals surface area contributed by atoms with Crippen LogP contribution >= 0.6 is 0 Å². The summed E-state index contributed by atoms with van der Waals surface area (Å²) in [5.41, 5.74) is 10.5. The summed E-state index contributed by atoms with van der Waals surface area (Å²) in [5, 5.41) is 0.